The van der Waals surface area contributed by atoms with Gasteiger partial charge in [-0.05, 0) is 65.7 Å². The second kappa shape index (κ2) is 8.66. The monoisotopic (exact) mass is 440 g/mol. The Bertz CT molecular complexity index is 900. The van der Waals surface area contributed by atoms with Crippen LogP contribution in [0.15, 0.2) is 51.8 Å². The maximum atomic E-state index is 12.7. The van der Waals surface area contributed by atoms with Gasteiger partial charge in [0, 0.05) is 23.2 Å². The summed E-state index contributed by atoms with van der Waals surface area (Å²) in [6.07, 6.45) is 0. The van der Waals surface area contributed by atoms with Crippen LogP contribution in [0.25, 0.3) is 0 Å². The fourth-order valence-electron chi connectivity index (χ4n) is 2.32. The summed E-state index contributed by atoms with van der Waals surface area (Å²) in [6.45, 7) is 4.04. The maximum absolute atomic E-state index is 12.7. The number of nitrogens with one attached hydrogen (secondary N) is 2. The minimum Gasteiger partial charge on any atom is -0.383 e. The fraction of sp³-hybridized carbons (Fsp3) is 0.278. The molecule has 2 aromatic carbocycles. The van der Waals surface area contributed by atoms with Crippen molar-refractivity contribution in [2.75, 3.05) is 18.4 Å². The largest absolute Gasteiger partial charge is 0.383 e. The van der Waals surface area contributed by atoms with Gasteiger partial charge in [-0.2, -0.15) is 0 Å². The lowest BCUT2D eigenvalue weighted by Crippen LogP contribution is -2.35. The predicted molar refractivity (Wildman–Crippen MR) is 105 cm³/mol. The van der Waals surface area contributed by atoms with Gasteiger partial charge in [-0.1, -0.05) is 12.1 Å². The third-order valence-electron chi connectivity index (χ3n) is 3.57. The van der Waals surface area contributed by atoms with Crippen molar-refractivity contribution >= 4 is 37.5 Å². The molecule has 6 nitrogen and oxygen atoms in total. The fourth-order valence-corrected chi connectivity index (χ4v) is 3.92. The Labute approximate surface area is 162 Å². The molecule has 0 aliphatic heterocycles. The highest BCUT2D eigenvalue weighted by atomic mass is 79.9. The Hall–Kier alpha value is -1.90. The molecule has 8 heteroatoms. The van der Waals surface area contributed by atoms with E-state index in [1.54, 1.807) is 32.2 Å². The van der Waals surface area contributed by atoms with Gasteiger partial charge < -0.3 is 10.1 Å². The molecular weight excluding hydrogens is 420 g/mol. The van der Waals surface area contributed by atoms with Crippen molar-refractivity contribution in [3.63, 3.8) is 0 Å². The molecule has 0 saturated carbocycles. The summed E-state index contributed by atoms with van der Waals surface area (Å²) in [4.78, 5) is 12.3. The van der Waals surface area contributed by atoms with Crippen LogP contribution in [-0.4, -0.2) is 34.1 Å². The average Bonchev–Trinajstić information content (AvgIpc) is 2.58. The van der Waals surface area contributed by atoms with Crippen molar-refractivity contribution < 1.29 is 17.9 Å². The van der Waals surface area contributed by atoms with Crippen LogP contribution in [0.3, 0.4) is 0 Å². The van der Waals surface area contributed by atoms with E-state index in [4.69, 9.17) is 4.74 Å². The van der Waals surface area contributed by atoms with Gasteiger partial charge in [-0.15, -0.1) is 0 Å². The van der Waals surface area contributed by atoms with Crippen molar-refractivity contribution in [2.24, 2.45) is 0 Å². The number of amides is 1. The normalized spacial score (nSPS) is 12.5. The first-order chi connectivity index (χ1) is 12.2. The summed E-state index contributed by atoms with van der Waals surface area (Å²) in [5.41, 5.74) is 1.62. The first-order valence-corrected chi connectivity index (χ1v) is 10.2. The molecule has 2 rings (SSSR count). The third kappa shape index (κ3) is 5.30. The predicted octanol–water partition coefficient (Wildman–Crippen LogP) is 3.32. The summed E-state index contributed by atoms with van der Waals surface area (Å²) in [7, 11) is -2.29. The highest BCUT2D eigenvalue weighted by Crippen LogP contribution is 2.26. The number of anilines is 1. The van der Waals surface area contributed by atoms with Gasteiger partial charge in [0.05, 0.1) is 17.2 Å². The average molecular weight is 441 g/mol. The first kappa shape index (κ1) is 20.4. The maximum Gasteiger partial charge on any atom is 0.261 e. The van der Waals surface area contributed by atoms with E-state index in [0.717, 1.165) is 5.56 Å². The summed E-state index contributed by atoms with van der Waals surface area (Å²) < 4.78 is 33.5. The van der Waals surface area contributed by atoms with E-state index in [9.17, 15) is 13.2 Å². The summed E-state index contributed by atoms with van der Waals surface area (Å²) in [6, 6.07) is 11.1. The van der Waals surface area contributed by atoms with Crippen molar-refractivity contribution in [3.8, 4) is 0 Å². The van der Waals surface area contributed by atoms with Crippen molar-refractivity contribution in [1.29, 1.82) is 0 Å². The lowest BCUT2D eigenvalue weighted by Gasteiger charge is -2.14. The molecule has 2 N–H and O–H groups in total. The number of aryl methyl sites for hydroxylation is 1. The van der Waals surface area contributed by atoms with Gasteiger partial charge in [0.25, 0.3) is 15.9 Å². The van der Waals surface area contributed by atoms with Gasteiger partial charge >= 0.3 is 0 Å². The zero-order chi connectivity index (χ0) is 19.3. The van der Waals surface area contributed by atoms with Crippen molar-refractivity contribution in [1.82, 2.24) is 5.32 Å². The molecular formula is C18H21BrN2O4S. The molecule has 0 heterocycles. The van der Waals surface area contributed by atoms with Crippen LogP contribution in [-0.2, 0) is 14.8 Å². The van der Waals surface area contributed by atoms with E-state index in [1.165, 1.54) is 18.2 Å². The summed E-state index contributed by atoms with van der Waals surface area (Å²) in [5.74, 6) is -0.358. The highest BCUT2D eigenvalue weighted by Gasteiger charge is 2.18. The van der Waals surface area contributed by atoms with Crippen LogP contribution in [0.4, 0.5) is 5.69 Å². The van der Waals surface area contributed by atoms with Crippen LogP contribution < -0.4 is 10.0 Å². The molecule has 0 saturated heterocycles. The zero-order valence-electron chi connectivity index (χ0n) is 14.7. The van der Waals surface area contributed by atoms with Crippen molar-refractivity contribution in [2.45, 2.75) is 24.8 Å². The van der Waals surface area contributed by atoms with Gasteiger partial charge in [0.2, 0.25) is 0 Å². The van der Waals surface area contributed by atoms with Gasteiger partial charge in [0.1, 0.15) is 0 Å². The Balaban J connectivity index is 2.25. The van der Waals surface area contributed by atoms with Crippen molar-refractivity contribution in [3.05, 3.63) is 58.1 Å². The Morgan fingerprint density at radius 3 is 2.65 bits per heavy atom. The molecule has 0 unspecified atom stereocenters. The number of rotatable bonds is 7. The first-order valence-electron chi connectivity index (χ1n) is 7.92. The SMILES string of the molecule is COC[C@H](C)NC(=O)c1cccc(S(=O)(=O)Nc2cc(C)ccc2Br)c1. The van der Waals surface area contributed by atoms with E-state index in [-0.39, 0.29) is 22.4 Å². The van der Waals surface area contributed by atoms with E-state index < -0.39 is 10.0 Å². The Morgan fingerprint density at radius 1 is 1.23 bits per heavy atom. The second-order valence-electron chi connectivity index (χ2n) is 5.95. The van der Waals surface area contributed by atoms with E-state index in [2.05, 4.69) is 26.0 Å². The number of sulfonamides is 1. The molecule has 2 aromatic rings. The van der Waals surface area contributed by atoms with Crippen LogP contribution in [0.2, 0.25) is 0 Å². The van der Waals surface area contributed by atoms with Gasteiger partial charge in [0.15, 0.2) is 0 Å². The molecule has 1 atom stereocenters. The van der Waals surface area contributed by atoms with Gasteiger partial charge in [-0.3, -0.25) is 9.52 Å². The molecule has 0 radical (unpaired) electrons. The molecule has 140 valence electrons. The molecule has 1 amide bonds. The lowest BCUT2D eigenvalue weighted by molar-refractivity contribution is 0.0905. The quantitative estimate of drug-likeness (QED) is 0.691. The number of carbonyl (C=O) groups is 1. The minimum absolute atomic E-state index is 0.0120. The summed E-state index contributed by atoms with van der Waals surface area (Å²) in [5, 5.41) is 2.76. The van der Waals surface area contributed by atoms with E-state index in [1.807, 2.05) is 13.0 Å². The Kier molecular flexibility index (Phi) is 6.80. The number of carbonyl (C=O) groups excluding carboxylic acids is 1. The van der Waals surface area contributed by atoms with Crippen LogP contribution >= 0.6 is 15.9 Å². The molecule has 0 spiro atoms. The second-order valence-corrected chi connectivity index (χ2v) is 8.48. The highest BCUT2D eigenvalue weighted by molar-refractivity contribution is 9.10. The smallest absolute Gasteiger partial charge is 0.261 e. The molecule has 26 heavy (non-hydrogen) atoms. The topological polar surface area (TPSA) is 84.5 Å². The summed E-state index contributed by atoms with van der Waals surface area (Å²) >= 11 is 3.33. The molecule has 0 aliphatic rings. The van der Waals surface area contributed by atoms with Gasteiger partial charge in [-0.25, -0.2) is 8.42 Å². The number of methoxy groups -OCH3 is 1. The number of hydrogen-bond acceptors (Lipinski definition) is 4. The van der Waals surface area contributed by atoms with Crippen LogP contribution in [0, 0.1) is 6.92 Å². The number of benzene rings is 2. The molecule has 0 fully saturated rings. The third-order valence-corrected chi connectivity index (χ3v) is 5.62. The molecule has 0 aromatic heterocycles. The zero-order valence-corrected chi connectivity index (χ0v) is 17.1. The molecule has 0 aliphatic carbocycles. The number of hydrogen-bond donors (Lipinski definition) is 2. The minimum atomic E-state index is -3.83. The van der Waals surface area contributed by atoms with Crippen LogP contribution in [0.5, 0.6) is 0 Å². The van der Waals surface area contributed by atoms with E-state index in [0.29, 0.717) is 16.8 Å². The molecule has 0 bridgehead atoms. The lowest BCUT2D eigenvalue weighted by atomic mass is 10.2. The van der Waals surface area contributed by atoms with Crippen LogP contribution in [0.1, 0.15) is 22.8 Å². The Morgan fingerprint density at radius 2 is 1.96 bits per heavy atom. The number of halogens is 1. The van der Waals surface area contributed by atoms with E-state index >= 15 is 0 Å². The number of ether oxygens (including phenoxy) is 1. The standard InChI is InChI=1S/C18H21BrN2O4S/c1-12-7-8-16(19)17(9-12)21-26(23,24)15-6-4-5-14(10-15)18(22)20-13(2)11-25-3/h4-10,13,21H,11H2,1-3H3,(H,20,22)/t13-/m0/s1.